The molecular formula is C22H22F2S. The first-order valence-corrected chi connectivity index (χ1v) is 9.62. The van der Waals surface area contributed by atoms with Crippen LogP contribution in [-0.4, -0.2) is 0 Å². The lowest BCUT2D eigenvalue weighted by atomic mass is 10.0. The highest BCUT2D eigenvalue weighted by Crippen LogP contribution is 2.35. The van der Waals surface area contributed by atoms with Gasteiger partial charge >= 0.3 is 0 Å². The molecular weight excluding hydrogens is 334 g/mol. The molecule has 0 aliphatic heterocycles. The second kappa shape index (κ2) is 7.92. The topological polar surface area (TPSA) is 0 Å². The molecule has 0 atom stereocenters. The molecule has 0 bridgehead atoms. The number of halogens is 2. The minimum Gasteiger partial charge on any atom is -0.203 e. The van der Waals surface area contributed by atoms with Gasteiger partial charge < -0.3 is 0 Å². The highest BCUT2D eigenvalue weighted by molar-refractivity contribution is 7.15. The molecule has 0 fully saturated rings. The Balaban J connectivity index is 1.93. The van der Waals surface area contributed by atoms with Crippen LogP contribution in [0, 0.1) is 11.6 Å². The summed E-state index contributed by atoms with van der Waals surface area (Å²) in [5.74, 6) is -1.54. The molecule has 0 aliphatic carbocycles. The zero-order valence-electron chi connectivity index (χ0n) is 14.6. The Morgan fingerprint density at radius 3 is 2.16 bits per heavy atom. The van der Waals surface area contributed by atoms with E-state index < -0.39 is 11.6 Å². The van der Waals surface area contributed by atoms with E-state index in [-0.39, 0.29) is 0 Å². The average Bonchev–Trinajstić information content (AvgIpc) is 3.11. The third-order valence-corrected chi connectivity index (χ3v) is 5.64. The van der Waals surface area contributed by atoms with Crippen molar-refractivity contribution in [2.45, 2.75) is 39.5 Å². The number of benzene rings is 2. The van der Waals surface area contributed by atoms with Gasteiger partial charge in [-0.15, -0.1) is 11.3 Å². The highest BCUT2D eigenvalue weighted by Gasteiger charge is 2.17. The Bertz CT molecular complexity index is 847. The lowest BCUT2D eigenvalue weighted by Gasteiger charge is -2.08. The minimum absolute atomic E-state index is 0.312. The fourth-order valence-electron chi connectivity index (χ4n) is 2.89. The largest absolute Gasteiger partial charge is 0.203 e. The number of thiophene rings is 1. The van der Waals surface area contributed by atoms with Crippen molar-refractivity contribution in [3.63, 3.8) is 0 Å². The summed E-state index contributed by atoms with van der Waals surface area (Å²) in [5.41, 5.74) is 2.54. The Hall–Kier alpha value is -2.00. The van der Waals surface area contributed by atoms with Gasteiger partial charge in [0, 0.05) is 20.9 Å². The molecule has 25 heavy (non-hydrogen) atoms. The normalized spacial score (nSPS) is 11.0. The minimum atomic E-state index is -0.773. The predicted molar refractivity (Wildman–Crippen MR) is 103 cm³/mol. The fourth-order valence-corrected chi connectivity index (χ4v) is 3.96. The average molecular weight is 356 g/mol. The Kier molecular flexibility index (Phi) is 5.64. The molecule has 130 valence electrons. The first-order valence-electron chi connectivity index (χ1n) is 8.80. The van der Waals surface area contributed by atoms with E-state index >= 15 is 0 Å². The summed E-state index contributed by atoms with van der Waals surface area (Å²) < 4.78 is 29.3. The van der Waals surface area contributed by atoms with E-state index in [9.17, 15) is 8.78 Å². The van der Waals surface area contributed by atoms with Gasteiger partial charge in [0.15, 0.2) is 11.6 Å². The molecule has 3 rings (SSSR count). The second-order valence-electron chi connectivity index (χ2n) is 6.21. The van der Waals surface area contributed by atoms with Crippen LogP contribution in [0.2, 0.25) is 0 Å². The van der Waals surface area contributed by atoms with Crippen molar-refractivity contribution in [3.8, 4) is 21.6 Å². The maximum atomic E-state index is 14.7. The third kappa shape index (κ3) is 3.82. The van der Waals surface area contributed by atoms with Crippen LogP contribution in [0.25, 0.3) is 21.6 Å². The van der Waals surface area contributed by atoms with E-state index in [2.05, 4.69) is 13.8 Å². The van der Waals surface area contributed by atoms with Gasteiger partial charge in [0.25, 0.3) is 0 Å². The first kappa shape index (κ1) is 17.8. The SMILES string of the molecule is CCCCc1ccc(-c2ccc(-c3ccc(CC)cc3)c(F)c2F)s1. The summed E-state index contributed by atoms with van der Waals surface area (Å²) >= 11 is 1.55. The van der Waals surface area contributed by atoms with Crippen molar-refractivity contribution in [1.29, 1.82) is 0 Å². The van der Waals surface area contributed by atoms with Crippen LogP contribution in [0.4, 0.5) is 8.78 Å². The van der Waals surface area contributed by atoms with Crippen molar-refractivity contribution >= 4 is 11.3 Å². The molecule has 0 radical (unpaired) electrons. The van der Waals surface area contributed by atoms with Crippen LogP contribution in [-0.2, 0) is 12.8 Å². The van der Waals surface area contributed by atoms with Crippen molar-refractivity contribution in [3.05, 3.63) is 70.6 Å². The molecule has 0 N–H and O–H groups in total. The lowest BCUT2D eigenvalue weighted by molar-refractivity contribution is 0.514. The van der Waals surface area contributed by atoms with Crippen molar-refractivity contribution in [1.82, 2.24) is 0 Å². The molecule has 0 spiro atoms. The van der Waals surface area contributed by atoms with Gasteiger partial charge in [-0.3, -0.25) is 0 Å². The van der Waals surface area contributed by atoms with Crippen LogP contribution >= 0.6 is 11.3 Å². The number of hydrogen-bond donors (Lipinski definition) is 0. The summed E-state index contributed by atoms with van der Waals surface area (Å²) in [6, 6.07) is 14.9. The second-order valence-corrected chi connectivity index (χ2v) is 7.38. The molecule has 3 heteroatoms. The molecule has 1 aromatic heterocycles. The molecule has 0 saturated heterocycles. The van der Waals surface area contributed by atoms with Gasteiger partial charge in [0.05, 0.1) is 0 Å². The van der Waals surface area contributed by atoms with E-state index in [1.54, 1.807) is 23.5 Å². The molecule has 0 unspecified atom stereocenters. The van der Waals surface area contributed by atoms with Gasteiger partial charge in [-0.05, 0) is 48.6 Å². The summed E-state index contributed by atoms with van der Waals surface area (Å²) in [4.78, 5) is 2.01. The smallest absolute Gasteiger partial charge is 0.168 e. The Labute approximate surface area is 152 Å². The molecule has 3 aromatic rings. The van der Waals surface area contributed by atoms with E-state index in [0.29, 0.717) is 16.7 Å². The molecule has 0 nitrogen and oxygen atoms in total. The Morgan fingerprint density at radius 2 is 1.48 bits per heavy atom. The van der Waals surface area contributed by atoms with Gasteiger partial charge in [-0.25, -0.2) is 8.78 Å². The van der Waals surface area contributed by atoms with Gasteiger partial charge in [0.2, 0.25) is 0 Å². The monoisotopic (exact) mass is 356 g/mol. The van der Waals surface area contributed by atoms with E-state index in [0.717, 1.165) is 30.6 Å². The third-order valence-electron chi connectivity index (χ3n) is 4.46. The van der Waals surface area contributed by atoms with Crippen LogP contribution < -0.4 is 0 Å². The molecule has 0 aliphatic rings. The van der Waals surface area contributed by atoms with E-state index in [1.165, 1.54) is 10.4 Å². The van der Waals surface area contributed by atoms with Crippen molar-refractivity contribution in [2.24, 2.45) is 0 Å². The number of rotatable bonds is 6. The summed E-state index contributed by atoms with van der Waals surface area (Å²) in [6.07, 6.45) is 4.16. The van der Waals surface area contributed by atoms with E-state index in [1.807, 2.05) is 36.4 Å². The van der Waals surface area contributed by atoms with Crippen LogP contribution in [0.3, 0.4) is 0 Å². The predicted octanol–water partition coefficient (Wildman–Crippen LogP) is 7.27. The van der Waals surface area contributed by atoms with Gasteiger partial charge in [0.1, 0.15) is 0 Å². The standard InChI is InChI=1S/C22H22F2S/c1-3-5-6-17-11-14-20(25-17)19-13-12-18(21(23)22(19)24)16-9-7-15(4-2)8-10-16/h7-14H,3-6H2,1-2H3. The van der Waals surface area contributed by atoms with Crippen LogP contribution in [0.1, 0.15) is 37.1 Å². The quantitative estimate of drug-likeness (QED) is 0.436. The maximum Gasteiger partial charge on any atom is 0.168 e. The summed E-state index contributed by atoms with van der Waals surface area (Å²) in [7, 11) is 0. The van der Waals surface area contributed by atoms with Crippen molar-refractivity contribution in [2.75, 3.05) is 0 Å². The van der Waals surface area contributed by atoms with Crippen molar-refractivity contribution < 1.29 is 8.78 Å². The van der Waals surface area contributed by atoms with Gasteiger partial charge in [-0.2, -0.15) is 0 Å². The lowest BCUT2D eigenvalue weighted by Crippen LogP contribution is -1.93. The summed E-state index contributed by atoms with van der Waals surface area (Å²) in [5, 5.41) is 0. The number of unbranched alkanes of at least 4 members (excludes halogenated alkanes) is 1. The highest BCUT2D eigenvalue weighted by atomic mass is 32.1. The molecule has 2 aromatic carbocycles. The van der Waals surface area contributed by atoms with E-state index in [4.69, 9.17) is 0 Å². The molecule has 1 heterocycles. The summed E-state index contributed by atoms with van der Waals surface area (Å²) in [6.45, 7) is 4.22. The van der Waals surface area contributed by atoms with Crippen LogP contribution in [0.5, 0.6) is 0 Å². The molecule has 0 amide bonds. The van der Waals surface area contributed by atoms with Gasteiger partial charge in [-0.1, -0.05) is 50.6 Å². The number of hydrogen-bond acceptors (Lipinski definition) is 1. The first-order chi connectivity index (χ1) is 12.1. The molecule has 0 saturated carbocycles. The number of aryl methyl sites for hydroxylation is 2. The van der Waals surface area contributed by atoms with Crippen LogP contribution in [0.15, 0.2) is 48.5 Å². The zero-order valence-corrected chi connectivity index (χ0v) is 15.4. The fraction of sp³-hybridized carbons (Fsp3) is 0.273. The zero-order chi connectivity index (χ0) is 17.8. The Morgan fingerprint density at radius 1 is 0.800 bits per heavy atom. The maximum absolute atomic E-state index is 14.7.